The van der Waals surface area contributed by atoms with Crippen LogP contribution in [0.25, 0.3) is 16.3 Å². The van der Waals surface area contributed by atoms with Gasteiger partial charge in [0.15, 0.2) is 0 Å². The predicted octanol–water partition coefficient (Wildman–Crippen LogP) is 5.52. The van der Waals surface area contributed by atoms with E-state index in [1.807, 2.05) is 31.4 Å². The number of carboxylic acids is 2. The average Bonchev–Trinajstić information content (AvgIpc) is 3.54. The van der Waals surface area contributed by atoms with E-state index in [2.05, 4.69) is 54.4 Å². The van der Waals surface area contributed by atoms with Crippen molar-refractivity contribution in [1.29, 1.82) is 0 Å². The highest BCUT2D eigenvalue weighted by atomic mass is 19.4. The van der Waals surface area contributed by atoms with E-state index in [1.54, 1.807) is 0 Å². The summed E-state index contributed by atoms with van der Waals surface area (Å²) >= 11 is 0. The molecule has 3 heterocycles. The third kappa shape index (κ3) is 6.37. The summed E-state index contributed by atoms with van der Waals surface area (Å²) in [6.07, 6.45) is 3.49. The van der Waals surface area contributed by atoms with Gasteiger partial charge in [-0.1, -0.05) is 37.3 Å². The zero-order valence-corrected chi connectivity index (χ0v) is 26.7. The number of rotatable bonds is 2. The number of benzene rings is 1. The first-order chi connectivity index (χ1) is 22.7. The molecule has 4 N–H and O–H groups in total. The number of halogens is 6. The first kappa shape index (κ1) is 36.5. The number of likely N-dealkylation sites (N-methyl/N-ethyl adjacent to an activating group) is 1. The predicted molar refractivity (Wildman–Crippen MR) is 164 cm³/mol. The summed E-state index contributed by atoms with van der Waals surface area (Å²) in [6, 6.07) is 8.69. The number of hydrogen-bond acceptors (Lipinski definition) is 7. The minimum absolute atomic E-state index is 0.00992. The van der Waals surface area contributed by atoms with E-state index in [0.29, 0.717) is 5.92 Å². The number of ether oxygens (including phenoxy) is 1. The zero-order chi connectivity index (χ0) is 36.3. The Kier molecular flexibility index (Phi) is 9.32. The van der Waals surface area contributed by atoms with Crippen LogP contribution in [-0.2, 0) is 14.3 Å². The van der Waals surface area contributed by atoms with Crippen molar-refractivity contribution in [3.05, 3.63) is 71.6 Å². The molecule has 2 aromatic rings. The van der Waals surface area contributed by atoms with E-state index in [0.717, 1.165) is 37.7 Å². The third-order valence-electron chi connectivity index (χ3n) is 10.5. The van der Waals surface area contributed by atoms with E-state index in [1.165, 1.54) is 27.5 Å². The molecule has 266 valence electrons. The number of pyridine rings is 1. The first-order valence-corrected chi connectivity index (χ1v) is 15.5. The fourth-order valence-electron chi connectivity index (χ4n) is 8.20. The van der Waals surface area contributed by atoms with Crippen LogP contribution in [0.4, 0.5) is 26.3 Å². The highest BCUT2D eigenvalue weighted by molar-refractivity contribution is 5.87. The second kappa shape index (κ2) is 12.5. The lowest BCUT2D eigenvalue weighted by molar-refractivity contribution is -0.193. The van der Waals surface area contributed by atoms with Crippen molar-refractivity contribution in [3.63, 3.8) is 0 Å². The Hall–Kier alpha value is -3.79. The van der Waals surface area contributed by atoms with E-state index in [9.17, 15) is 36.6 Å². The van der Waals surface area contributed by atoms with Gasteiger partial charge >= 0.3 is 24.3 Å². The molecule has 1 aromatic carbocycles. The van der Waals surface area contributed by atoms with Gasteiger partial charge in [-0.05, 0) is 86.0 Å². The molecule has 5 aliphatic rings. The zero-order valence-electron chi connectivity index (χ0n) is 26.7. The summed E-state index contributed by atoms with van der Waals surface area (Å²) in [5.41, 5.74) is 3.99. The number of aromatic nitrogens is 1. The summed E-state index contributed by atoms with van der Waals surface area (Å²) in [5.74, 6) is -5.16. The second-order valence-electron chi connectivity index (χ2n) is 13.5. The average molecular weight is 699 g/mol. The molecule has 2 fully saturated rings. The van der Waals surface area contributed by atoms with E-state index >= 15 is 0 Å². The smallest absolute Gasteiger partial charge is 0.475 e. The maximum atomic E-state index is 11.1. The number of alkyl halides is 6. The van der Waals surface area contributed by atoms with Crippen LogP contribution >= 0.6 is 0 Å². The molecule has 2 bridgehead atoms. The normalized spacial score (nSPS) is 33.0. The Morgan fingerprint density at radius 1 is 0.959 bits per heavy atom. The summed E-state index contributed by atoms with van der Waals surface area (Å²) in [6.45, 7) is 2.42. The largest absolute Gasteiger partial charge is 0.490 e. The Bertz CT molecular complexity index is 1710. The van der Waals surface area contributed by atoms with Crippen LogP contribution in [0.1, 0.15) is 44.6 Å². The molecule has 1 saturated carbocycles. The van der Waals surface area contributed by atoms with Crippen molar-refractivity contribution < 1.29 is 61.1 Å². The number of nitrogens with zero attached hydrogens (tertiary/aromatic N) is 2. The lowest BCUT2D eigenvalue weighted by Crippen LogP contribution is -2.61. The first-order valence-electron chi connectivity index (χ1n) is 15.5. The van der Waals surface area contributed by atoms with Gasteiger partial charge < -0.3 is 30.1 Å². The van der Waals surface area contributed by atoms with Crippen LogP contribution in [0.15, 0.2) is 66.0 Å². The molecular weight excluding hydrogens is 662 g/mol. The molecule has 49 heavy (non-hydrogen) atoms. The molecule has 0 unspecified atom stereocenters. The van der Waals surface area contributed by atoms with Gasteiger partial charge in [-0.2, -0.15) is 26.3 Å². The van der Waals surface area contributed by atoms with Gasteiger partial charge in [0.25, 0.3) is 0 Å². The number of aliphatic carboxylic acids is 2. The van der Waals surface area contributed by atoms with Crippen molar-refractivity contribution in [2.75, 3.05) is 14.1 Å². The summed E-state index contributed by atoms with van der Waals surface area (Å²) in [4.78, 5) is 24.2. The minimum Gasteiger partial charge on any atom is -0.475 e. The number of allylic oxidation sites excluding steroid dienone is 3. The van der Waals surface area contributed by atoms with Crippen LogP contribution in [-0.4, -0.2) is 98.1 Å². The monoisotopic (exact) mass is 698 g/mol. The molecule has 1 aromatic heterocycles. The molecule has 9 nitrogen and oxygen atoms in total. The Labute approximate surface area is 277 Å². The van der Waals surface area contributed by atoms with Gasteiger partial charge in [-0.15, -0.1) is 0 Å². The third-order valence-corrected chi connectivity index (χ3v) is 10.5. The van der Waals surface area contributed by atoms with Crippen molar-refractivity contribution in [2.24, 2.45) is 11.3 Å². The van der Waals surface area contributed by atoms with Crippen LogP contribution in [0.3, 0.4) is 0 Å². The van der Waals surface area contributed by atoms with Crippen molar-refractivity contribution in [2.45, 2.75) is 80.8 Å². The number of aliphatic hydroxyl groups is 2. The Morgan fingerprint density at radius 2 is 1.59 bits per heavy atom. The second-order valence-corrected chi connectivity index (χ2v) is 13.5. The maximum absolute atomic E-state index is 11.1. The molecule has 2 spiro atoms. The fraction of sp³-hybridized carbons (Fsp3) is 0.500. The molecule has 7 rings (SSSR count). The van der Waals surface area contributed by atoms with Crippen LogP contribution in [0.2, 0.25) is 0 Å². The number of aliphatic hydroxyl groups excluding tert-OH is 2. The maximum Gasteiger partial charge on any atom is 0.490 e. The van der Waals surface area contributed by atoms with Gasteiger partial charge in [-0.25, -0.2) is 9.59 Å². The van der Waals surface area contributed by atoms with Crippen molar-refractivity contribution in [1.82, 2.24) is 9.88 Å². The quantitative estimate of drug-likeness (QED) is 0.299. The molecular formula is C34H36F6N2O7. The standard InChI is InChI=1S/C30H34N2O3.2C2HF3O2/c1-28-10-8-21-15-23-26(33)27(34)24(32(2)3)16-29(23)11-12-30(21,35-29)25(28)7-6-22(28)19-5-4-18-9-13-31-17-20(18)14-19;2*3-2(4,5)1(6)7/h4-6,8-9,13-15,17,24-27,33-34H,7,10-12,16H2,1-3H3;2*(H,6,7)/t24-,25+,26+,27+,28+,29+,30+;;/m0../s1. The molecule has 3 aliphatic carbocycles. The highest BCUT2D eigenvalue weighted by Crippen LogP contribution is 2.67. The molecule has 7 atom stereocenters. The minimum atomic E-state index is -5.08. The number of carbonyl (C=O) groups is 2. The van der Waals surface area contributed by atoms with E-state index in [4.69, 9.17) is 24.5 Å². The fourth-order valence-corrected chi connectivity index (χ4v) is 8.20. The number of carboxylic acid groups (broad SMARTS) is 2. The lowest BCUT2D eigenvalue weighted by atomic mass is 9.58. The number of fused-ring (bicyclic) bond motifs is 2. The van der Waals surface area contributed by atoms with Gasteiger partial charge in [0, 0.05) is 35.2 Å². The van der Waals surface area contributed by atoms with E-state index < -0.39 is 42.1 Å². The number of hydrogen-bond donors (Lipinski definition) is 4. The van der Waals surface area contributed by atoms with Gasteiger partial charge in [0.1, 0.15) is 6.10 Å². The molecule has 0 radical (unpaired) electrons. The van der Waals surface area contributed by atoms with Crippen molar-refractivity contribution in [3.8, 4) is 0 Å². The van der Waals surface area contributed by atoms with Gasteiger partial charge in [0.2, 0.25) is 0 Å². The van der Waals surface area contributed by atoms with Crippen LogP contribution < -0.4 is 0 Å². The van der Waals surface area contributed by atoms with Crippen LogP contribution in [0, 0.1) is 11.3 Å². The topological polar surface area (TPSA) is 140 Å². The summed E-state index contributed by atoms with van der Waals surface area (Å²) in [5, 5.41) is 38.7. The van der Waals surface area contributed by atoms with Crippen LogP contribution in [0.5, 0.6) is 0 Å². The molecule has 15 heteroatoms. The SMILES string of the molecule is CN(C)[C@H]1C[C@@]23CC[C@@]4(O2)C(=CC[C@]2(C)C(c5ccc6ccncc6c5)=CC[C@H]24)C=C3[C@@H](O)[C@@H]1O.O=C(O)C(F)(F)F.O=C(O)C(F)(F)F. The molecule has 2 aliphatic heterocycles. The van der Waals surface area contributed by atoms with Gasteiger partial charge in [0.05, 0.1) is 17.3 Å². The highest BCUT2D eigenvalue weighted by Gasteiger charge is 2.67. The van der Waals surface area contributed by atoms with Crippen molar-refractivity contribution >= 4 is 28.3 Å². The summed E-state index contributed by atoms with van der Waals surface area (Å²) in [7, 11) is 3.96. The Morgan fingerprint density at radius 3 is 2.18 bits per heavy atom. The molecule has 0 amide bonds. The van der Waals surface area contributed by atoms with E-state index in [-0.39, 0.29) is 17.1 Å². The lowest BCUT2D eigenvalue weighted by Gasteiger charge is -2.55. The molecule has 1 saturated heterocycles. The Balaban J connectivity index is 0.000000284. The summed E-state index contributed by atoms with van der Waals surface area (Å²) < 4.78 is 70.7. The van der Waals surface area contributed by atoms with Gasteiger partial charge in [-0.3, -0.25) is 4.98 Å².